The first kappa shape index (κ1) is 15.9. The number of ether oxygens (including phenoxy) is 1. The van der Waals surface area contributed by atoms with Gasteiger partial charge in [-0.05, 0) is 25.2 Å². The van der Waals surface area contributed by atoms with Gasteiger partial charge in [-0.1, -0.05) is 33.1 Å². The molecule has 2 unspecified atom stereocenters. The molecular weight excluding hydrogens is 264 g/mol. The van der Waals surface area contributed by atoms with Gasteiger partial charge in [0.1, 0.15) is 6.33 Å². The van der Waals surface area contributed by atoms with Crippen molar-refractivity contribution in [3.05, 3.63) is 6.33 Å². The Bertz CT molecular complexity index is 438. The standard InChI is InChI=1S/C16H28N4O/c1-4-10-17-15-14(21-3)16(19-11-18-15)20-13-9-7-5-6-8-12(13)2/h11-13H,4-10H2,1-3H3,(H2,17,18,19,20). The maximum absolute atomic E-state index is 5.53. The highest BCUT2D eigenvalue weighted by atomic mass is 16.5. The molecule has 118 valence electrons. The molecule has 2 N–H and O–H groups in total. The van der Waals surface area contributed by atoms with E-state index < -0.39 is 0 Å². The van der Waals surface area contributed by atoms with Crippen LogP contribution in [0.5, 0.6) is 5.75 Å². The monoisotopic (exact) mass is 292 g/mol. The van der Waals surface area contributed by atoms with Crippen LogP contribution in [0, 0.1) is 5.92 Å². The van der Waals surface area contributed by atoms with Crippen LogP contribution in [0.4, 0.5) is 11.6 Å². The number of hydrogen-bond acceptors (Lipinski definition) is 5. The zero-order valence-electron chi connectivity index (χ0n) is 13.5. The van der Waals surface area contributed by atoms with E-state index in [-0.39, 0.29) is 0 Å². The molecule has 1 saturated carbocycles. The number of nitrogens with zero attached hydrogens (tertiary/aromatic N) is 2. The molecule has 1 aromatic rings. The Morgan fingerprint density at radius 2 is 1.95 bits per heavy atom. The molecule has 0 aliphatic heterocycles. The quantitative estimate of drug-likeness (QED) is 0.783. The maximum Gasteiger partial charge on any atom is 0.204 e. The van der Waals surface area contributed by atoms with Crippen LogP contribution in [-0.2, 0) is 0 Å². The molecule has 0 saturated heterocycles. The van der Waals surface area contributed by atoms with Gasteiger partial charge in [0.2, 0.25) is 5.75 Å². The highest BCUT2D eigenvalue weighted by Gasteiger charge is 2.22. The van der Waals surface area contributed by atoms with E-state index in [2.05, 4.69) is 34.4 Å². The van der Waals surface area contributed by atoms with Crippen LogP contribution in [0.1, 0.15) is 52.4 Å². The van der Waals surface area contributed by atoms with E-state index >= 15 is 0 Å². The third-order valence-corrected chi connectivity index (χ3v) is 4.23. The summed E-state index contributed by atoms with van der Waals surface area (Å²) in [5, 5.41) is 6.89. The summed E-state index contributed by atoms with van der Waals surface area (Å²) in [6.45, 7) is 5.34. The lowest BCUT2D eigenvalue weighted by atomic mass is 9.97. The van der Waals surface area contributed by atoms with Gasteiger partial charge in [0.25, 0.3) is 0 Å². The van der Waals surface area contributed by atoms with E-state index in [1.165, 1.54) is 32.1 Å². The van der Waals surface area contributed by atoms with Crippen molar-refractivity contribution >= 4 is 11.6 Å². The van der Waals surface area contributed by atoms with Crippen molar-refractivity contribution in [3.63, 3.8) is 0 Å². The second-order valence-electron chi connectivity index (χ2n) is 5.90. The number of rotatable bonds is 6. The molecule has 0 aromatic carbocycles. The fourth-order valence-electron chi connectivity index (χ4n) is 2.92. The second-order valence-corrected chi connectivity index (χ2v) is 5.90. The van der Waals surface area contributed by atoms with Crippen molar-refractivity contribution in [3.8, 4) is 5.75 Å². The highest BCUT2D eigenvalue weighted by Crippen LogP contribution is 2.32. The van der Waals surface area contributed by atoms with Crippen LogP contribution in [-0.4, -0.2) is 29.7 Å². The SMILES string of the molecule is CCCNc1ncnc(NC2CCCCCC2C)c1OC. The van der Waals surface area contributed by atoms with E-state index in [0.717, 1.165) is 30.4 Å². The average molecular weight is 292 g/mol. The van der Waals surface area contributed by atoms with Gasteiger partial charge in [-0.3, -0.25) is 0 Å². The van der Waals surface area contributed by atoms with E-state index in [0.29, 0.717) is 12.0 Å². The number of hydrogen-bond donors (Lipinski definition) is 2. The fraction of sp³-hybridized carbons (Fsp3) is 0.750. The molecule has 5 nitrogen and oxygen atoms in total. The number of anilines is 2. The zero-order valence-corrected chi connectivity index (χ0v) is 13.5. The molecule has 0 spiro atoms. The second kappa shape index (κ2) is 8.05. The molecule has 1 aromatic heterocycles. The van der Waals surface area contributed by atoms with Gasteiger partial charge in [0.05, 0.1) is 7.11 Å². The van der Waals surface area contributed by atoms with Crippen molar-refractivity contribution in [2.45, 2.75) is 58.4 Å². The van der Waals surface area contributed by atoms with Crippen LogP contribution < -0.4 is 15.4 Å². The summed E-state index contributed by atoms with van der Waals surface area (Å²) in [6.07, 6.45) is 9.10. The Labute approximate surface area is 127 Å². The third kappa shape index (κ3) is 4.22. The van der Waals surface area contributed by atoms with Gasteiger partial charge < -0.3 is 15.4 Å². The number of aromatic nitrogens is 2. The molecule has 1 fully saturated rings. The fourth-order valence-corrected chi connectivity index (χ4v) is 2.92. The molecule has 1 heterocycles. The summed E-state index contributed by atoms with van der Waals surface area (Å²) >= 11 is 0. The minimum atomic E-state index is 0.468. The zero-order chi connectivity index (χ0) is 15.1. The summed E-state index contributed by atoms with van der Waals surface area (Å²) in [7, 11) is 1.68. The lowest BCUT2D eigenvalue weighted by Crippen LogP contribution is -2.27. The summed E-state index contributed by atoms with van der Waals surface area (Å²) in [5.74, 6) is 2.98. The van der Waals surface area contributed by atoms with Crippen LogP contribution in [0.25, 0.3) is 0 Å². The Kier molecular flexibility index (Phi) is 6.08. The molecule has 21 heavy (non-hydrogen) atoms. The van der Waals surface area contributed by atoms with Gasteiger partial charge in [0, 0.05) is 12.6 Å². The molecule has 2 rings (SSSR count). The molecule has 1 aliphatic carbocycles. The average Bonchev–Trinajstić information content (AvgIpc) is 2.70. The normalized spacial score (nSPS) is 22.4. The number of nitrogens with one attached hydrogen (secondary N) is 2. The van der Waals surface area contributed by atoms with Crippen LogP contribution in [0.3, 0.4) is 0 Å². The van der Waals surface area contributed by atoms with Crippen LogP contribution in [0.2, 0.25) is 0 Å². The highest BCUT2D eigenvalue weighted by molar-refractivity contribution is 5.63. The van der Waals surface area contributed by atoms with Crippen LogP contribution >= 0.6 is 0 Å². The minimum absolute atomic E-state index is 0.468. The molecule has 5 heteroatoms. The van der Waals surface area contributed by atoms with Gasteiger partial charge in [-0.2, -0.15) is 0 Å². The molecule has 1 aliphatic rings. The van der Waals surface area contributed by atoms with Gasteiger partial charge in [-0.15, -0.1) is 0 Å². The van der Waals surface area contributed by atoms with Crippen molar-refractivity contribution in [1.29, 1.82) is 0 Å². The Hall–Kier alpha value is -1.52. The van der Waals surface area contributed by atoms with E-state index in [1.54, 1.807) is 13.4 Å². The lowest BCUT2D eigenvalue weighted by Gasteiger charge is -2.24. The molecular formula is C16H28N4O. The lowest BCUT2D eigenvalue weighted by molar-refractivity contribution is 0.409. The van der Waals surface area contributed by atoms with E-state index in [1.807, 2.05) is 0 Å². The third-order valence-electron chi connectivity index (χ3n) is 4.23. The predicted octanol–water partition coefficient (Wildman–Crippen LogP) is 3.69. The maximum atomic E-state index is 5.53. The Balaban J connectivity index is 2.14. The Morgan fingerprint density at radius 3 is 2.71 bits per heavy atom. The molecule has 0 amide bonds. The molecule has 2 atom stereocenters. The van der Waals surface area contributed by atoms with E-state index in [4.69, 9.17) is 4.74 Å². The van der Waals surface area contributed by atoms with Crippen molar-refractivity contribution in [2.75, 3.05) is 24.3 Å². The largest absolute Gasteiger partial charge is 0.490 e. The summed E-state index contributed by atoms with van der Waals surface area (Å²) < 4.78 is 5.53. The van der Waals surface area contributed by atoms with Crippen molar-refractivity contribution in [2.24, 2.45) is 5.92 Å². The summed E-state index contributed by atoms with van der Waals surface area (Å²) in [5.41, 5.74) is 0. The molecule has 0 bridgehead atoms. The van der Waals surface area contributed by atoms with Crippen LogP contribution in [0.15, 0.2) is 6.33 Å². The first-order valence-electron chi connectivity index (χ1n) is 8.15. The Morgan fingerprint density at radius 1 is 1.19 bits per heavy atom. The van der Waals surface area contributed by atoms with Gasteiger partial charge in [-0.25, -0.2) is 9.97 Å². The van der Waals surface area contributed by atoms with Gasteiger partial charge >= 0.3 is 0 Å². The number of methoxy groups -OCH3 is 1. The summed E-state index contributed by atoms with van der Waals surface area (Å²) in [6, 6.07) is 0.468. The first-order valence-corrected chi connectivity index (χ1v) is 8.15. The topological polar surface area (TPSA) is 59.1 Å². The van der Waals surface area contributed by atoms with Crippen molar-refractivity contribution < 1.29 is 4.74 Å². The predicted molar refractivity (Wildman–Crippen MR) is 87.0 cm³/mol. The van der Waals surface area contributed by atoms with Crippen molar-refractivity contribution in [1.82, 2.24) is 9.97 Å². The smallest absolute Gasteiger partial charge is 0.204 e. The van der Waals surface area contributed by atoms with Gasteiger partial charge in [0.15, 0.2) is 11.6 Å². The van der Waals surface area contributed by atoms with E-state index in [9.17, 15) is 0 Å². The first-order chi connectivity index (χ1) is 10.3. The molecule has 0 radical (unpaired) electrons. The summed E-state index contributed by atoms with van der Waals surface area (Å²) in [4.78, 5) is 8.68. The minimum Gasteiger partial charge on any atom is -0.490 e.